The molecule has 0 aliphatic carbocycles. The summed E-state index contributed by atoms with van der Waals surface area (Å²) in [5.41, 5.74) is 6.96. The molecule has 0 aliphatic heterocycles. The first kappa shape index (κ1) is 12.8. The van der Waals surface area contributed by atoms with E-state index in [1.54, 1.807) is 6.07 Å². The second-order valence-electron chi connectivity index (χ2n) is 4.17. The molecule has 1 aromatic carbocycles. The van der Waals surface area contributed by atoms with Crippen LogP contribution in [0.25, 0.3) is 0 Å². The second-order valence-corrected chi connectivity index (χ2v) is 6.15. The lowest BCUT2D eigenvalue weighted by molar-refractivity contribution is 0.602. The fourth-order valence-corrected chi connectivity index (χ4v) is 2.27. The largest absolute Gasteiger partial charge is 0.396 e. The van der Waals surface area contributed by atoms with E-state index in [-0.39, 0.29) is 10.9 Å². The van der Waals surface area contributed by atoms with Crippen LogP contribution < -0.4 is 10.6 Å². The van der Waals surface area contributed by atoms with E-state index >= 15 is 0 Å². The molecule has 0 fully saturated rings. The van der Waals surface area contributed by atoms with Gasteiger partial charge in [0.2, 0.25) is 0 Å². The predicted octanol–water partition coefficient (Wildman–Crippen LogP) is 1.52. The van der Waals surface area contributed by atoms with Gasteiger partial charge in [-0.1, -0.05) is 6.07 Å². The summed E-state index contributed by atoms with van der Waals surface area (Å²) in [6.45, 7) is 4.04. The fourth-order valence-electron chi connectivity index (χ4n) is 1.44. The standard InChI is InChI=1S/C11H18N2O2S/c1-8(2)13(3)9-6-5-7-10(11(9)12)16(4,14)15/h5-8H,12H2,1-4H3. The van der Waals surface area contributed by atoms with Crippen LogP contribution in [-0.2, 0) is 9.84 Å². The van der Waals surface area contributed by atoms with Gasteiger partial charge in [-0.25, -0.2) is 8.42 Å². The number of hydrogen-bond acceptors (Lipinski definition) is 4. The molecule has 0 heterocycles. The summed E-state index contributed by atoms with van der Waals surface area (Å²) in [6.07, 6.45) is 1.16. The molecule has 0 bridgehead atoms. The highest BCUT2D eigenvalue weighted by molar-refractivity contribution is 7.90. The third-order valence-corrected chi connectivity index (χ3v) is 3.75. The van der Waals surface area contributed by atoms with Crippen molar-refractivity contribution in [2.75, 3.05) is 23.9 Å². The van der Waals surface area contributed by atoms with Crippen molar-refractivity contribution in [3.05, 3.63) is 18.2 Å². The van der Waals surface area contributed by atoms with E-state index in [2.05, 4.69) is 0 Å². The molecule has 0 amide bonds. The first-order valence-electron chi connectivity index (χ1n) is 5.06. The summed E-state index contributed by atoms with van der Waals surface area (Å²) >= 11 is 0. The van der Waals surface area contributed by atoms with E-state index in [0.717, 1.165) is 11.9 Å². The van der Waals surface area contributed by atoms with Gasteiger partial charge in [0.05, 0.1) is 16.3 Å². The quantitative estimate of drug-likeness (QED) is 0.816. The van der Waals surface area contributed by atoms with E-state index in [1.165, 1.54) is 6.07 Å². The van der Waals surface area contributed by atoms with Crippen molar-refractivity contribution in [1.29, 1.82) is 0 Å². The van der Waals surface area contributed by atoms with Gasteiger partial charge >= 0.3 is 0 Å². The van der Waals surface area contributed by atoms with Gasteiger partial charge in [0.15, 0.2) is 9.84 Å². The molecule has 0 aromatic heterocycles. The molecule has 0 atom stereocenters. The Labute approximate surface area is 97.0 Å². The fraction of sp³-hybridized carbons (Fsp3) is 0.455. The smallest absolute Gasteiger partial charge is 0.177 e. The van der Waals surface area contributed by atoms with Crippen LogP contribution in [0.5, 0.6) is 0 Å². The minimum absolute atomic E-state index is 0.192. The predicted molar refractivity (Wildman–Crippen MR) is 67.5 cm³/mol. The maximum absolute atomic E-state index is 11.5. The van der Waals surface area contributed by atoms with Crippen LogP contribution >= 0.6 is 0 Å². The first-order valence-corrected chi connectivity index (χ1v) is 6.95. The van der Waals surface area contributed by atoms with Crippen LogP contribution in [0.15, 0.2) is 23.1 Å². The van der Waals surface area contributed by atoms with Crippen molar-refractivity contribution in [2.45, 2.75) is 24.8 Å². The Morgan fingerprint density at radius 2 is 1.88 bits per heavy atom. The monoisotopic (exact) mass is 242 g/mol. The van der Waals surface area contributed by atoms with Crippen LogP contribution in [0.4, 0.5) is 11.4 Å². The average Bonchev–Trinajstić information content (AvgIpc) is 2.15. The minimum Gasteiger partial charge on any atom is -0.396 e. The van der Waals surface area contributed by atoms with Crippen molar-refractivity contribution in [2.24, 2.45) is 0 Å². The van der Waals surface area contributed by atoms with Gasteiger partial charge in [-0.15, -0.1) is 0 Å². The van der Waals surface area contributed by atoms with Gasteiger partial charge in [-0.3, -0.25) is 0 Å². The summed E-state index contributed by atoms with van der Waals surface area (Å²) < 4.78 is 23.0. The van der Waals surface area contributed by atoms with Gasteiger partial charge in [0.1, 0.15) is 0 Å². The topological polar surface area (TPSA) is 63.4 Å². The van der Waals surface area contributed by atoms with E-state index in [1.807, 2.05) is 31.9 Å². The van der Waals surface area contributed by atoms with Crippen LogP contribution in [0.2, 0.25) is 0 Å². The Hall–Kier alpha value is -1.23. The number of nitrogen functional groups attached to an aromatic ring is 1. The zero-order valence-corrected chi connectivity index (χ0v) is 10.9. The van der Waals surface area contributed by atoms with Crippen molar-refractivity contribution in [1.82, 2.24) is 0 Å². The van der Waals surface area contributed by atoms with E-state index in [9.17, 15) is 8.42 Å². The zero-order valence-electron chi connectivity index (χ0n) is 10.1. The molecule has 0 saturated carbocycles. The molecule has 0 spiro atoms. The molecule has 90 valence electrons. The van der Waals surface area contributed by atoms with Gasteiger partial charge < -0.3 is 10.6 Å². The summed E-state index contributed by atoms with van der Waals surface area (Å²) in [7, 11) is -1.38. The Balaban J connectivity index is 3.36. The summed E-state index contributed by atoms with van der Waals surface area (Å²) in [4.78, 5) is 2.14. The highest BCUT2D eigenvalue weighted by Crippen LogP contribution is 2.29. The molecule has 0 unspecified atom stereocenters. The lowest BCUT2D eigenvalue weighted by atomic mass is 10.2. The van der Waals surface area contributed by atoms with Crippen molar-refractivity contribution in [3.8, 4) is 0 Å². The van der Waals surface area contributed by atoms with Gasteiger partial charge in [-0.05, 0) is 26.0 Å². The van der Waals surface area contributed by atoms with Crippen LogP contribution in [0.3, 0.4) is 0 Å². The molecule has 1 rings (SSSR count). The van der Waals surface area contributed by atoms with E-state index < -0.39 is 9.84 Å². The molecular formula is C11H18N2O2S. The Bertz CT molecular complexity index is 481. The molecule has 2 N–H and O–H groups in total. The Morgan fingerprint density at radius 1 is 1.31 bits per heavy atom. The molecule has 16 heavy (non-hydrogen) atoms. The molecule has 1 aromatic rings. The van der Waals surface area contributed by atoms with Gasteiger partial charge in [0.25, 0.3) is 0 Å². The number of anilines is 2. The van der Waals surface area contributed by atoms with Gasteiger partial charge in [0, 0.05) is 19.3 Å². The number of nitrogens with two attached hydrogens (primary N) is 1. The normalized spacial score (nSPS) is 11.8. The highest BCUT2D eigenvalue weighted by Gasteiger charge is 2.16. The number of hydrogen-bond donors (Lipinski definition) is 1. The third kappa shape index (κ3) is 2.47. The molecule has 5 heteroatoms. The SMILES string of the molecule is CC(C)N(C)c1cccc(S(C)(=O)=O)c1N. The molecule has 0 radical (unpaired) electrons. The summed E-state index contributed by atoms with van der Waals surface area (Å²) in [6, 6.07) is 5.32. The number of nitrogens with zero attached hydrogens (tertiary/aromatic N) is 1. The maximum atomic E-state index is 11.5. The number of benzene rings is 1. The molecule has 0 aliphatic rings. The Kier molecular flexibility index (Phi) is 3.48. The number of sulfone groups is 1. The van der Waals surface area contributed by atoms with Gasteiger partial charge in [-0.2, -0.15) is 0 Å². The average molecular weight is 242 g/mol. The maximum Gasteiger partial charge on any atom is 0.177 e. The van der Waals surface area contributed by atoms with Crippen molar-refractivity contribution in [3.63, 3.8) is 0 Å². The van der Waals surface area contributed by atoms with E-state index in [0.29, 0.717) is 5.69 Å². The lowest BCUT2D eigenvalue weighted by Crippen LogP contribution is -2.26. The highest BCUT2D eigenvalue weighted by atomic mass is 32.2. The van der Waals surface area contributed by atoms with Crippen molar-refractivity contribution >= 4 is 21.2 Å². The third-order valence-electron chi connectivity index (χ3n) is 2.60. The van der Waals surface area contributed by atoms with Crippen molar-refractivity contribution < 1.29 is 8.42 Å². The van der Waals surface area contributed by atoms with Crippen LogP contribution in [0, 0.1) is 0 Å². The lowest BCUT2D eigenvalue weighted by Gasteiger charge is -2.25. The second kappa shape index (κ2) is 4.33. The summed E-state index contributed by atoms with van der Waals surface area (Å²) in [5, 5.41) is 0. The number of rotatable bonds is 3. The van der Waals surface area contributed by atoms with E-state index in [4.69, 9.17) is 5.73 Å². The zero-order chi connectivity index (χ0) is 12.5. The molecule has 4 nitrogen and oxygen atoms in total. The molecule has 0 saturated heterocycles. The first-order chi connectivity index (χ1) is 7.25. The summed E-state index contributed by atoms with van der Waals surface area (Å²) in [5.74, 6) is 0. The Morgan fingerprint density at radius 3 is 2.31 bits per heavy atom. The molecular weight excluding hydrogens is 224 g/mol. The van der Waals surface area contributed by atoms with Crippen LogP contribution in [-0.4, -0.2) is 27.8 Å². The number of para-hydroxylation sites is 1. The minimum atomic E-state index is -3.27. The van der Waals surface area contributed by atoms with Crippen LogP contribution in [0.1, 0.15) is 13.8 Å².